The molecule has 100 valence electrons. The molecule has 3 heterocycles. The molecule has 3 rings (SSSR count). The number of hydrogen-bond donors (Lipinski definition) is 2. The van der Waals surface area contributed by atoms with Crippen molar-refractivity contribution >= 4 is 17.7 Å². The van der Waals surface area contributed by atoms with Crippen LogP contribution in [0.2, 0.25) is 0 Å². The van der Waals surface area contributed by atoms with Crippen LogP contribution in [0.3, 0.4) is 0 Å². The van der Waals surface area contributed by atoms with Crippen LogP contribution in [0, 0.1) is 11.8 Å². The van der Waals surface area contributed by atoms with E-state index in [9.17, 15) is 14.4 Å². The van der Waals surface area contributed by atoms with E-state index in [0.29, 0.717) is 6.54 Å². The average Bonchev–Trinajstić information content (AvgIpc) is 2.36. The summed E-state index contributed by atoms with van der Waals surface area (Å²) in [5.74, 6) is -1.00. The highest BCUT2D eigenvalue weighted by atomic mass is 16.2. The minimum absolute atomic E-state index is 0.109. The molecule has 0 spiro atoms. The van der Waals surface area contributed by atoms with Crippen molar-refractivity contribution in [2.24, 2.45) is 11.8 Å². The summed E-state index contributed by atoms with van der Waals surface area (Å²) in [6.07, 6.45) is 7.46. The van der Waals surface area contributed by atoms with Gasteiger partial charge >= 0.3 is 0 Å². The number of piperidine rings is 2. The van der Waals surface area contributed by atoms with Crippen molar-refractivity contribution in [3.8, 4) is 0 Å². The molecule has 19 heavy (non-hydrogen) atoms. The van der Waals surface area contributed by atoms with Gasteiger partial charge in [-0.25, -0.2) is 0 Å². The van der Waals surface area contributed by atoms with Crippen LogP contribution in [-0.4, -0.2) is 35.2 Å². The third kappa shape index (κ3) is 1.93. The maximum atomic E-state index is 12.2. The zero-order valence-corrected chi connectivity index (χ0v) is 10.3. The van der Waals surface area contributed by atoms with Crippen LogP contribution in [-0.2, 0) is 14.4 Å². The first kappa shape index (κ1) is 12.0. The molecule has 3 atom stereocenters. The summed E-state index contributed by atoms with van der Waals surface area (Å²) in [6, 6.07) is -0.585. The normalized spacial score (nSPS) is 33.8. The summed E-state index contributed by atoms with van der Waals surface area (Å²) in [5, 5.41) is 5.42. The second-order valence-electron chi connectivity index (χ2n) is 5.01. The Morgan fingerprint density at radius 2 is 2.00 bits per heavy atom. The molecule has 2 N–H and O–H groups in total. The molecule has 0 aliphatic carbocycles. The Morgan fingerprint density at radius 1 is 1.16 bits per heavy atom. The molecule has 3 aliphatic rings. The van der Waals surface area contributed by atoms with Crippen LogP contribution in [0.1, 0.15) is 12.8 Å². The smallest absolute Gasteiger partial charge is 0.247 e. The molecule has 0 radical (unpaired) electrons. The predicted octanol–water partition coefficient (Wildman–Crippen LogP) is -0.503. The van der Waals surface area contributed by atoms with Crippen molar-refractivity contribution in [2.45, 2.75) is 18.9 Å². The lowest BCUT2D eigenvalue weighted by atomic mass is 9.74. The molecule has 0 bridgehead atoms. The van der Waals surface area contributed by atoms with Crippen LogP contribution in [0.4, 0.5) is 0 Å². The van der Waals surface area contributed by atoms with E-state index in [2.05, 4.69) is 10.6 Å². The highest BCUT2D eigenvalue weighted by Gasteiger charge is 2.48. The summed E-state index contributed by atoms with van der Waals surface area (Å²) in [5.41, 5.74) is 0. The lowest BCUT2D eigenvalue weighted by molar-refractivity contribution is -0.152. The van der Waals surface area contributed by atoms with E-state index in [1.54, 1.807) is 24.6 Å². The lowest BCUT2D eigenvalue weighted by Crippen LogP contribution is -2.61. The van der Waals surface area contributed by atoms with E-state index in [-0.39, 0.29) is 36.0 Å². The number of amides is 3. The van der Waals surface area contributed by atoms with Crippen molar-refractivity contribution in [1.29, 1.82) is 0 Å². The summed E-state index contributed by atoms with van der Waals surface area (Å²) in [6.45, 7) is 0.561. The molecule has 0 saturated carbocycles. The van der Waals surface area contributed by atoms with Gasteiger partial charge in [-0.3, -0.25) is 14.4 Å². The predicted molar refractivity (Wildman–Crippen MR) is 66.3 cm³/mol. The minimum atomic E-state index is -0.585. The first-order valence-electron chi connectivity index (χ1n) is 6.41. The molecule has 6 nitrogen and oxygen atoms in total. The van der Waals surface area contributed by atoms with E-state index in [1.807, 2.05) is 0 Å². The average molecular weight is 261 g/mol. The zero-order chi connectivity index (χ0) is 13.4. The van der Waals surface area contributed by atoms with E-state index >= 15 is 0 Å². The molecule has 2 saturated heterocycles. The SMILES string of the molecule is O=C1NCCC2C1CC(=O)N1C=CC=CNC(=O)C21. The standard InChI is InChI=1S/C13H15N3O3/c17-10-7-9-8(3-5-15-12(9)18)11-13(19)14-4-1-2-6-16(10)11/h1-2,4,6,8-9,11H,3,5,7H2,(H,14,19)(H,15,18). The summed E-state index contributed by atoms with van der Waals surface area (Å²) in [4.78, 5) is 37.7. The number of nitrogens with zero attached hydrogens (tertiary/aromatic N) is 1. The van der Waals surface area contributed by atoms with Crippen LogP contribution in [0.25, 0.3) is 0 Å². The molecule has 2 fully saturated rings. The van der Waals surface area contributed by atoms with Gasteiger partial charge < -0.3 is 15.5 Å². The van der Waals surface area contributed by atoms with Gasteiger partial charge in [0.05, 0.1) is 5.92 Å². The Balaban J connectivity index is 1.98. The second kappa shape index (κ2) is 4.53. The van der Waals surface area contributed by atoms with Crippen LogP contribution in [0.5, 0.6) is 0 Å². The Morgan fingerprint density at radius 3 is 2.84 bits per heavy atom. The molecule has 0 aromatic rings. The van der Waals surface area contributed by atoms with Gasteiger partial charge in [0.1, 0.15) is 6.04 Å². The fourth-order valence-electron chi connectivity index (χ4n) is 3.08. The van der Waals surface area contributed by atoms with Gasteiger partial charge in [0.25, 0.3) is 0 Å². The fraction of sp³-hybridized carbons (Fsp3) is 0.462. The molecule has 3 unspecified atom stereocenters. The van der Waals surface area contributed by atoms with Gasteiger partial charge in [-0.1, -0.05) is 0 Å². The minimum Gasteiger partial charge on any atom is -0.356 e. The number of fused-ring (bicyclic) bond motifs is 3. The first-order valence-corrected chi connectivity index (χ1v) is 6.41. The Hall–Kier alpha value is -2.11. The lowest BCUT2D eigenvalue weighted by Gasteiger charge is -2.44. The molecular weight excluding hydrogens is 246 g/mol. The van der Waals surface area contributed by atoms with E-state index < -0.39 is 6.04 Å². The largest absolute Gasteiger partial charge is 0.356 e. The summed E-state index contributed by atoms with van der Waals surface area (Å²) in [7, 11) is 0. The summed E-state index contributed by atoms with van der Waals surface area (Å²) < 4.78 is 0. The Kier molecular flexibility index (Phi) is 2.85. The Labute approximate surface area is 110 Å². The molecule has 0 aromatic carbocycles. The monoisotopic (exact) mass is 261 g/mol. The van der Waals surface area contributed by atoms with Crippen LogP contribution in [0.15, 0.2) is 24.6 Å². The van der Waals surface area contributed by atoms with Crippen LogP contribution >= 0.6 is 0 Å². The molecule has 6 heteroatoms. The number of nitrogens with one attached hydrogen (secondary N) is 2. The third-order valence-corrected chi connectivity index (χ3v) is 3.97. The Bertz CT molecular complexity index is 497. The van der Waals surface area contributed by atoms with Crippen molar-refractivity contribution < 1.29 is 14.4 Å². The summed E-state index contributed by atoms with van der Waals surface area (Å²) >= 11 is 0. The van der Waals surface area contributed by atoms with Gasteiger partial charge in [-0.2, -0.15) is 0 Å². The molecule has 0 aromatic heterocycles. The zero-order valence-electron chi connectivity index (χ0n) is 10.3. The third-order valence-electron chi connectivity index (χ3n) is 3.97. The van der Waals surface area contributed by atoms with Gasteiger partial charge in [-0.05, 0) is 18.6 Å². The van der Waals surface area contributed by atoms with Gasteiger partial charge in [0, 0.05) is 31.3 Å². The number of rotatable bonds is 0. The highest BCUT2D eigenvalue weighted by molar-refractivity contribution is 5.95. The van der Waals surface area contributed by atoms with E-state index in [0.717, 1.165) is 6.42 Å². The molecule has 3 amide bonds. The quantitative estimate of drug-likeness (QED) is 0.617. The van der Waals surface area contributed by atoms with Gasteiger partial charge in [0.2, 0.25) is 17.7 Å². The van der Waals surface area contributed by atoms with E-state index in [1.165, 1.54) is 4.90 Å². The van der Waals surface area contributed by atoms with Crippen molar-refractivity contribution in [3.05, 3.63) is 24.6 Å². The maximum Gasteiger partial charge on any atom is 0.247 e. The maximum absolute atomic E-state index is 12.2. The molecular formula is C13H15N3O3. The van der Waals surface area contributed by atoms with Crippen molar-refractivity contribution in [1.82, 2.24) is 15.5 Å². The topological polar surface area (TPSA) is 78.5 Å². The van der Waals surface area contributed by atoms with Crippen LogP contribution < -0.4 is 10.6 Å². The number of hydrogen-bond acceptors (Lipinski definition) is 3. The second-order valence-corrected chi connectivity index (χ2v) is 5.01. The van der Waals surface area contributed by atoms with Gasteiger partial charge in [0.15, 0.2) is 0 Å². The van der Waals surface area contributed by atoms with Gasteiger partial charge in [-0.15, -0.1) is 0 Å². The van der Waals surface area contributed by atoms with Crippen molar-refractivity contribution in [3.63, 3.8) is 0 Å². The first-order chi connectivity index (χ1) is 9.18. The van der Waals surface area contributed by atoms with E-state index in [4.69, 9.17) is 0 Å². The number of allylic oxidation sites excluding steroid dienone is 2. The van der Waals surface area contributed by atoms with Crippen molar-refractivity contribution in [2.75, 3.05) is 6.54 Å². The number of carbonyl (C=O) groups is 3. The number of carbonyl (C=O) groups excluding carboxylic acids is 3. The molecule has 3 aliphatic heterocycles. The fourth-order valence-corrected chi connectivity index (χ4v) is 3.08. The highest BCUT2D eigenvalue weighted by Crippen LogP contribution is 2.35.